The molecule has 2 rings (SSSR count). The van der Waals surface area contributed by atoms with Crippen LogP contribution in [-0.2, 0) is 6.54 Å². The summed E-state index contributed by atoms with van der Waals surface area (Å²) in [6.45, 7) is 2.19. The summed E-state index contributed by atoms with van der Waals surface area (Å²) in [7, 11) is 0. The second-order valence-electron chi connectivity index (χ2n) is 4.26. The van der Waals surface area contributed by atoms with Gasteiger partial charge in [-0.25, -0.2) is 0 Å². The molecule has 2 aromatic rings. The van der Waals surface area contributed by atoms with Crippen molar-refractivity contribution in [3.05, 3.63) is 63.6 Å². The van der Waals surface area contributed by atoms with Gasteiger partial charge in [-0.3, -0.25) is 4.79 Å². The number of benzene rings is 2. The number of phenolic OH excluding ortho intramolecular Hbond substituents is 1. The van der Waals surface area contributed by atoms with Crippen LogP contribution in [0.25, 0.3) is 0 Å². The molecule has 0 fully saturated rings. The van der Waals surface area contributed by atoms with Crippen LogP contribution in [0.3, 0.4) is 0 Å². The predicted molar refractivity (Wildman–Crippen MR) is 78.2 cm³/mol. The fourth-order valence-corrected chi connectivity index (χ4v) is 2.01. The second-order valence-corrected chi connectivity index (χ2v) is 5.17. The normalized spacial score (nSPS) is 10.2. The Bertz CT molecular complexity index is 594. The summed E-state index contributed by atoms with van der Waals surface area (Å²) in [6.07, 6.45) is 0. The number of carbonyl (C=O) groups is 1. The van der Waals surface area contributed by atoms with E-state index >= 15 is 0 Å². The van der Waals surface area contributed by atoms with E-state index in [1.54, 1.807) is 25.1 Å². The third-order valence-corrected chi connectivity index (χ3v) is 3.44. The molecule has 0 bridgehead atoms. The standard InChI is InChI=1S/C15H14BrNO2/c1-10-13(3-2-4-14(10)18)15(19)17-9-11-5-7-12(16)8-6-11/h2-8,18H,9H2,1H3,(H,17,19). The first-order chi connectivity index (χ1) is 9.08. The highest BCUT2D eigenvalue weighted by molar-refractivity contribution is 9.10. The van der Waals surface area contributed by atoms with Crippen LogP contribution in [0.2, 0.25) is 0 Å². The van der Waals surface area contributed by atoms with Crippen LogP contribution in [0.15, 0.2) is 46.9 Å². The molecule has 2 aromatic carbocycles. The lowest BCUT2D eigenvalue weighted by Crippen LogP contribution is -2.23. The number of amides is 1. The van der Waals surface area contributed by atoms with Crippen molar-refractivity contribution in [3.63, 3.8) is 0 Å². The molecule has 0 unspecified atom stereocenters. The van der Waals surface area contributed by atoms with Crippen LogP contribution in [0, 0.1) is 6.92 Å². The number of rotatable bonds is 3. The summed E-state index contributed by atoms with van der Waals surface area (Å²) in [5, 5.41) is 12.4. The Morgan fingerprint density at radius 1 is 1.21 bits per heavy atom. The highest BCUT2D eigenvalue weighted by Gasteiger charge is 2.10. The van der Waals surface area contributed by atoms with Crippen molar-refractivity contribution < 1.29 is 9.90 Å². The zero-order valence-electron chi connectivity index (χ0n) is 10.5. The van der Waals surface area contributed by atoms with Gasteiger partial charge < -0.3 is 10.4 Å². The minimum Gasteiger partial charge on any atom is -0.508 e. The van der Waals surface area contributed by atoms with Gasteiger partial charge in [0.2, 0.25) is 0 Å². The molecule has 0 aromatic heterocycles. The molecule has 0 atom stereocenters. The molecular weight excluding hydrogens is 306 g/mol. The van der Waals surface area contributed by atoms with Crippen molar-refractivity contribution in [1.29, 1.82) is 0 Å². The molecule has 1 amide bonds. The molecule has 0 radical (unpaired) electrons. The zero-order valence-corrected chi connectivity index (χ0v) is 12.1. The summed E-state index contributed by atoms with van der Waals surface area (Å²) in [6, 6.07) is 12.7. The molecule has 4 heteroatoms. The molecule has 0 saturated carbocycles. The fourth-order valence-electron chi connectivity index (χ4n) is 1.75. The van der Waals surface area contributed by atoms with Crippen molar-refractivity contribution >= 4 is 21.8 Å². The monoisotopic (exact) mass is 319 g/mol. The van der Waals surface area contributed by atoms with Crippen molar-refractivity contribution in [2.24, 2.45) is 0 Å². The lowest BCUT2D eigenvalue weighted by molar-refractivity contribution is 0.0950. The highest BCUT2D eigenvalue weighted by Crippen LogP contribution is 2.19. The molecule has 98 valence electrons. The lowest BCUT2D eigenvalue weighted by atomic mass is 10.1. The van der Waals surface area contributed by atoms with Crippen molar-refractivity contribution in [2.45, 2.75) is 13.5 Å². The van der Waals surface area contributed by atoms with E-state index in [2.05, 4.69) is 21.2 Å². The van der Waals surface area contributed by atoms with E-state index in [0.717, 1.165) is 10.0 Å². The molecule has 19 heavy (non-hydrogen) atoms. The maximum absolute atomic E-state index is 12.0. The van der Waals surface area contributed by atoms with Gasteiger partial charge in [-0.15, -0.1) is 0 Å². The van der Waals surface area contributed by atoms with Crippen molar-refractivity contribution in [3.8, 4) is 5.75 Å². The smallest absolute Gasteiger partial charge is 0.251 e. The predicted octanol–water partition coefficient (Wildman–Crippen LogP) is 3.39. The van der Waals surface area contributed by atoms with Crippen LogP contribution in [0.5, 0.6) is 5.75 Å². The van der Waals surface area contributed by atoms with Gasteiger partial charge in [0, 0.05) is 22.1 Å². The van der Waals surface area contributed by atoms with Gasteiger partial charge in [-0.2, -0.15) is 0 Å². The largest absolute Gasteiger partial charge is 0.508 e. The van der Waals surface area contributed by atoms with E-state index in [-0.39, 0.29) is 11.7 Å². The third kappa shape index (κ3) is 3.35. The second kappa shape index (κ2) is 5.89. The first-order valence-electron chi connectivity index (χ1n) is 5.89. The Hall–Kier alpha value is -1.81. The summed E-state index contributed by atoms with van der Waals surface area (Å²) >= 11 is 3.36. The number of carbonyl (C=O) groups excluding carboxylic acids is 1. The van der Waals surface area contributed by atoms with Crippen LogP contribution < -0.4 is 5.32 Å². The Labute approximate surface area is 120 Å². The molecule has 0 aliphatic carbocycles. The van der Waals surface area contributed by atoms with Gasteiger partial charge in [0.25, 0.3) is 5.91 Å². The first-order valence-corrected chi connectivity index (χ1v) is 6.68. The fraction of sp³-hybridized carbons (Fsp3) is 0.133. The minimum absolute atomic E-state index is 0.135. The molecule has 0 aliphatic rings. The Kier molecular flexibility index (Phi) is 4.22. The number of halogens is 1. The van der Waals surface area contributed by atoms with Crippen LogP contribution in [-0.4, -0.2) is 11.0 Å². The van der Waals surface area contributed by atoms with E-state index in [1.807, 2.05) is 24.3 Å². The number of nitrogens with one attached hydrogen (secondary N) is 1. The summed E-state index contributed by atoms with van der Waals surface area (Å²) in [4.78, 5) is 12.0. The Balaban J connectivity index is 2.05. The van der Waals surface area contributed by atoms with Gasteiger partial charge >= 0.3 is 0 Å². The average molecular weight is 320 g/mol. The van der Waals surface area contributed by atoms with E-state index < -0.39 is 0 Å². The minimum atomic E-state index is -0.184. The zero-order chi connectivity index (χ0) is 13.8. The number of aromatic hydroxyl groups is 1. The van der Waals surface area contributed by atoms with E-state index in [1.165, 1.54) is 0 Å². The summed E-state index contributed by atoms with van der Waals surface area (Å²) in [5.41, 5.74) is 2.11. The number of hydrogen-bond donors (Lipinski definition) is 2. The van der Waals surface area contributed by atoms with Crippen LogP contribution in [0.1, 0.15) is 21.5 Å². The average Bonchev–Trinajstić information content (AvgIpc) is 2.41. The quantitative estimate of drug-likeness (QED) is 0.911. The maximum Gasteiger partial charge on any atom is 0.251 e. The maximum atomic E-state index is 12.0. The molecule has 0 heterocycles. The first kappa shape index (κ1) is 13.6. The summed E-state index contributed by atoms with van der Waals surface area (Å²) in [5.74, 6) is -0.0485. The molecule has 0 spiro atoms. The van der Waals surface area contributed by atoms with E-state index in [4.69, 9.17) is 0 Å². The van der Waals surface area contributed by atoms with Crippen molar-refractivity contribution in [2.75, 3.05) is 0 Å². The molecule has 3 nitrogen and oxygen atoms in total. The van der Waals surface area contributed by atoms with Gasteiger partial charge in [0.15, 0.2) is 0 Å². The number of hydrogen-bond acceptors (Lipinski definition) is 2. The molecular formula is C15H14BrNO2. The van der Waals surface area contributed by atoms with Gasteiger partial charge in [0.1, 0.15) is 5.75 Å². The highest BCUT2D eigenvalue weighted by atomic mass is 79.9. The Morgan fingerprint density at radius 2 is 1.89 bits per heavy atom. The Morgan fingerprint density at radius 3 is 2.58 bits per heavy atom. The molecule has 0 saturated heterocycles. The van der Waals surface area contributed by atoms with Crippen molar-refractivity contribution in [1.82, 2.24) is 5.32 Å². The van der Waals surface area contributed by atoms with Gasteiger partial charge in [0.05, 0.1) is 0 Å². The van der Waals surface area contributed by atoms with Gasteiger partial charge in [-0.1, -0.05) is 34.1 Å². The number of phenols is 1. The summed E-state index contributed by atoms with van der Waals surface area (Å²) < 4.78 is 1.01. The van der Waals surface area contributed by atoms with Gasteiger partial charge in [-0.05, 0) is 36.8 Å². The molecule has 2 N–H and O–H groups in total. The van der Waals surface area contributed by atoms with Crippen LogP contribution >= 0.6 is 15.9 Å². The third-order valence-electron chi connectivity index (χ3n) is 2.92. The molecule has 0 aliphatic heterocycles. The van der Waals surface area contributed by atoms with E-state index in [0.29, 0.717) is 17.7 Å². The lowest BCUT2D eigenvalue weighted by Gasteiger charge is -2.09. The topological polar surface area (TPSA) is 49.3 Å². The van der Waals surface area contributed by atoms with E-state index in [9.17, 15) is 9.90 Å². The SMILES string of the molecule is Cc1c(O)cccc1C(=O)NCc1ccc(Br)cc1. The van der Waals surface area contributed by atoms with Crippen LogP contribution in [0.4, 0.5) is 0 Å².